The fraction of sp³-hybridized carbons (Fsp3) is 0.0870. The molecule has 0 spiro atoms. The Kier molecular flexibility index (Phi) is 8.04. The summed E-state index contributed by atoms with van der Waals surface area (Å²) in [7, 11) is 0. The molecule has 0 aliphatic heterocycles. The minimum atomic E-state index is -0.862. The SMILES string of the molecule is O=C(NCc1ccccc1)C(=O)N/N=C\c1ccccc1OCc1ccc(Cl)cc1Cl. The van der Waals surface area contributed by atoms with Crippen LogP contribution in [0.15, 0.2) is 77.9 Å². The summed E-state index contributed by atoms with van der Waals surface area (Å²) in [6.45, 7) is 0.482. The third-order valence-corrected chi connectivity index (χ3v) is 4.78. The Morgan fingerprint density at radius 1 is 0.935 bits per heavy atom. The highest BCUT2D eigenvalue weighted by atomic mass is 35.5. The molecule has 0 heterocycles. The lowest BCUT2D eigenvalue weighted by atomic mass is 10.2. The zero-order valence-electron chi connectivity index (χ0n) is 16.3. The minimum absolute atomic E-state index is 0.231. The topological polar surface area (TPSA) is 79.8 Å². The summed E-state index contributed by atoms with van der Waals surface area (Å²) in [5.74, 6) is -1.10. The molecule has 0 aliphatic carbocycles. The zero-order chi connectivity index (χ0) is 22.1. The maximum atomic E-state index is 11.9. The van der Waals surface area contributed by atoms with E-state index >= 15 is 0 Å². The van der Waals surface area contributed by atoms with E-state index in [9.17, 15) is 9.59 Å². The normalized spacial score (nSPS) is 10.6. The molecule has 3 rings (SSSR count). The maximum absolute atomic E-state index is 11.9. The van der Waals surface area contributed by atoms with Crippen LogP contribution in [0.25, 0.3) is 0 Å². The van der Waals surface area contributed by atoms with Crippen LogP contribution in [0.5, 0.6) is 5.75 Å². The van der Waals surface area contributed by atoms with Crippen molar-refractivity contribution in [3.05, 3.63) is 99.5 Å². The molecule has 0 unspecified atom stereocenters. The smallest absolute Gasteiger partial charge is 0.329 e. The highest BCUT2D eigenvalue weighted by Crippen LogP contribution is 2.23. The van der Waals surface area contributed by atoms with Crippen molar-refractivity contribution in [1.82, 2.24) is 10.7 Å². The Morgan fingerprint density at radius 3 is 2.45 bits per heavy atom. The second-order valence-electron chi connectivity index (χ2n) is 6.43. The minimum Gasteiger partial charge on any atom is -0.488 e. The van der Waals surface area contributed by atoms with Gasteiger partial charge in [0.15, 0.2) is 0 Å². The van der Waals surface area contributed by atoms with Crippen molar-refractivity contribution in [2.45, 2.75) is 13.2 Å². The fourth-order valence-electron chi connectivity index (χ4n) is 2.58. The van der Waals surface area contributed by atoms with Gasteiger partial charge in [-0.2, -0.15) is 5.10 Å². The third kappa shape index (κ3) is 6.84. The van der Waals surface area contributed by atoms with Crippen molar-refractivity contribution in [3.63, 3.8) is 0 Å². The maximum Gasteiger partial charge on any atom is 0.329 e. The van der Waals surface area contributed by atoms with Crippen molar-refractivity contribution in [2.75, 3.05) is 0 Å². The van der Waals surface area contributed by atoms with E-state index in [0.717, 1.165) is 11.1 Å². The average Bonchev–Trinajstić information content (AvgIpc) is 2.78. The van der Waals surface area contributed by atoms with E-state index in [1.54, 1.807) is 36.4 Å². The number of rotatable bonds is 7. The van der Waals surface area contributed by atoms with Crippen LogP contribution in [0.3, 0.4) is 0 Å². The summed E-state index contributed by atoms with van der Waals surface area (Å²) in [6, 6.07) is 21.6. The molecule has 6 nitrogen and oxygen atoms in total. The first-order valence-corrected chi connectivity index (χ1v) is 10.1. The van der Waals surface area contributed by atoms with Gasteiger partial charge in [-0.1, -0.05) is 71.7 Å². The Balaban J connectivity index is 1.54. The Morgan fingerprint density at radius 2 is 1.68 bits per heavy atom. The number of benzene rings is 3. The largest absolute Gasteiger partial charge is 0.488 e. The van der Waals surface area contributed by atoms with Crippen LogP contribution in [-0.2, 0) is 22.7 Å². The van der Waals surface area contributed by atoms with E-state index in [4.69, 9.17) is 27.9 Å². The molecule has 31 heavy (non-hydrogen) atoms. The number of carbonyl (C=O) groups is 2. The summed E-state index contributed by atoms with van der Waals surface area (Å²) in [4.78, 5) is 23.8. The predicted octanol–water partition coefficient (Wildman–Crippen LogP) is 4.34. The number of hydrazone groups is 1. The third-order valence-electron chi connectivity index (χ3n) is 4.19. The van der Waals surface area contributed by atoms with Gasteiger partial charge in [-0.25, -0.2) is 5.43 Å². The molecule has 0 atom stereocenters. The lowest BCUT2D eigenvalue weighted by molar-refractivity contribution is -0.139. The van der Waals surface area contributed by atoms with Crippen molar-refractivity contribution < 1.29 is 14.3 Å². The van der Waals surface area contributed by atoms with Crippen molar-refractivity contribution in [2.24, 2.45) is 5.10 Å². The van der Waals surface area contributed by atoms with Gasteiger partial charge in [0.1, 0.15) is 12.4 Å². The number of hydrogen-bond donors (Lipinski definition) is 2. The first-order chi connectivity index (χ1) is 15.0. The molecule has 0 radical (unpaired) electrons. The lowest BCUT2D eigenvalue weighted by Gasteiger charge is -2.10. The second kappa shape index (κ2) is 11.2. The number of halogens is 2. The van der Waals surface area contributed by atoms with Gasteiger partial charge in [-0.05, 0) is 29.8 Å². The van der Waals surface area contributed by atoms with E-state index < -0.39 is 11.8 Å². The van der Waals surface area contributed by atoms with Crippen LogP contribution in [0.4, 0.5) is 0 Å². The molecule has 0 aromatic heterocycles. The fourth-order valence-corrected chi connectivity index (χ4v) is 3.05. The molecule has 3 aromatic carbocycles. The number of nitrogens with zero attached hydrogens (tertiary/aromatic N) is 1. The molecule has 158 valence electrons. The van der Waals surface area contributed by atoms with Gasteiger partial charge in [0.25, 0.3) is 0 Å². The Bertz CT molecular complexity index is 1090. The number of carbonyl (C=O) groups excluding carboxylic acids is 2. The molecule has 2 amide bonds. The van der Waals surface area contributed by atoms with E-state index in [1.807, 2.05) is 36.4 Å². The molecule has 0 bridgehead atoms. The number of hydrogen-bond acceptors (Lipinski definition) is 4. The van der Waals surface area contributed by atoms with Crippen LogP contribution in [0, 0.1) is 0 Å². The molecule has 0 fully saturated rings. The van der Waals surface area contributed by atoms with Gasteiger partial charge < -0.3 is 10.1 Å². The molecule has 2 N–H and O–H groups in total. The van der Waals surface area contributed by atoms with Gasteiger partial charge in [-0.3, -0.25) is 9.59 Å². The number of ether oxygens (including phenoxy) is 1. The summed E-state index contributed by atoms with van der Waals surface area (Å²) in [5, 5.41) is 7.44. The van der Waals surface area contributed by atoms with Crippen LogP contribution >= 0.6 is 23.2 Å². The van der Waals surface area contributed by atoms with E-state index in [2.05, 4.69) is 15.8 Å². The van der Waals surface area contributed by atoms with E-state index in [1.165, 1.54) is 6.21 Å². The summed E-state index contributed by atoms with van der Waals surface area (Å²) >= 11 is 12.1. The molecule has 0 aliphatic rings. The highest BCUT2D eigenvalue weighted by Gasteiger charge is 2.12. The Labute approximate surface area is 189 Å². The molecular weight excluding hydrogens is 437 g/mol. The zero-order valence-corrected chi connectivity index (χ0v) is 17.9. The van der Waals surface area contributed by atoms with E-state index in [-0.39, 0.29) is 13.2 Å². The summed E-state index contributed by atoms with van der Waals surface area (Å²) in [5.41, 5.74) is 4.50. The van der Waals surface area contributed by atoms with Gasteiger partial charge in [0.2, 0.25) is 0 Å². The van der Waals surface area contributed by atoms with Crippen molar-refractivity contribution in [1.29, 1.82) is 0 Å². The Hall–Kier alpha value is -3.35. The second-order valence-corrected chi connectivity index (χ2v) is 7.27. The number of nitrogens with one attached hydrogen (secondary N) is 2. The van der Waals surface area contributed by atoms with Gasteiger partial charge >= 0.3 is 11.8 Å². The van der Waals surface area contributed by atoms with Gasteiger partial charge in [-0.15, -0.1) is 0 Å². The van der Waals surface area contributed by atoms with Crippen molar-refractivity contribution in [3.8, 4) is 5.75 Å². The molecule has 0 saturated heterocycles. The first kappa shape index (κ1) is 22.3. The molecular formula is C23H19Cl2N3O3. The number of para-hydroxylation sites is 1. The van der Waals surface area contributed by atoms with E-state index in [0.29, 0.717) is 21.4 Å². The molecule has 8 heteroatoms. The lowest BCUT2D eigenvalue weighted by Crippen LogP contribution is -2.37. The summed E-state index contributed by atoms with van der Waals surface area (Å²) < 4.78 is 5.83. The van der Waals surface area contributed by atoms with Gasteiger partial charge in [0, 0.05) is 27.7 Å². The standard InChI is InChI=1S/C23H19Cl2N3O3/c24-19-11-10-18(20(25)12-19)15-31-21-9-5-4-8-17(21)14-27-28-23(30)22(29)26-13-16-6-2-1-3-7-16/h1-12,14H,13,15H2,(H,26,29)(H,28,30)/b27-14-. The predicted molar refractivity (Wildman–Crippen MR) is 121 cm³/mol. The average molecular weight is 456 g/mol. The monoisotopic (exact) mass is 455 g/mol. The van der Waals surface area contributed by atoms with Crippen LogP contribution in [-0.4, -0.2) is 18.0 Å². The summed E-state index contributed by atoms with van der Waals surface area (Å²) in [6.07, 6.45) is 1.40. The highest BCUT2D eigenvalue weighted by molar-refractivity contribution is 6.35. The first-order valence-electron chi connectivity index (χ1n) is 9.34. The quantitative estimate of drug-likeness (QED) is 0.316. The van der Waals surface area contributed by atoms with Crippen LogP contribution in [0.2, 0.25) is 10.0 Å². The van der Waals surface area contributed by atoms with Crippen LogP contribution in [0.1, 0.15) is 16.7 Å². The molecule has 0 saturated carbocycles. The number of amides is 2. The molecule has 3 aromatic rings. The van der Waals surface area contributed by atoms with Crippen molar-refractivity contribution >= 4 is 41.2 Å². The van der Waals surface area contributed by atoms with Crippen LogP contribution < -0.4 is 15.5 Å². The van der Waals surface area contributed by atoms with Gasteiger partial charge in [0.05, 0.1) is 6.21 Å².